The Kier molecular flexibility index (Phi) is 3.51. The summed E-state index contributed by atoms with van der Waals surface area (Å²) in [7, 11) is -3.10. The fourth-order valence-electron chi connectivity index (χ4n) is 2.02. The first-order chi connectivity index (χ1) is 7.99. The molecule has 0 aromatic heterocycles. The molecule has 0 unspecified atom stereocenters. The minimum atomic E-state index is -3.10. The molecule has 0 spiro atoms. The zero-order chi connectivity index (χ0) is 12.5. The van der Waals surface area contributed by atoms with Crippen LogP contribution in [0, 0.1) is 5.92 Å². The summed E-state index contributed by atoms with van der Waals surface area (Å²) in [6.45, 7) is 2.92. The first-order valence-corrected chi connectivity index (χ1v) is 7.50. The highest BCUT2D eigenvalue weighted by atomic mass is 32.2. The molecular formula is C12H17NO3S. The quantitative estimate of drug-likeness (QED) is 0.852. The Balaban J connectivity index is 1.96. The first kappa shape index (κ1) is 12.5. The minimum Gasteiger partial charge on any atom is -0.396 e. The SMILES string of the molecule is CS(=O)(=O)c1ccc(CN2CC(CO)C2)cc1. The second kappa shape index (κ2) is 4.76. The monoisotopic (exact) mass is 255 g/mol. The third kappa shape index (κ3) is 3.06. The predicted molar refractivity (Wildman–Crippen MR) is 65.4 cm³/mol. The van der Waals surface area contributed by atoms with E-state index in [9.17, 15) is 8.42 Å². The van der Waals surface area contributed by atoms with E-state index in [1.54, 1.807) is 12.1 Å². The summed E-state index contributed by atoms with van der Waals surface area (Å²) < 4.78 is 22.6. The second-order valence-electron chi connectivity index (χ2n) is 4.66. The van der Waals surface area contributed by atoms with Gasteiger partial charge in [0.25, 0.3) is 0 Å². The summed E-state index contributed by atoms with van der Waals surface area (Å²) >= 11 is 0. The highest BCUT2D eigenvalue weighted by Crippen LogP contribution is 2.19. The molecule has 0 amide bonds. The van der Waals surface area contributed by atoms with E-state index in [0.717, 1.165) is 25.2 Å². The van der Waals surface area contributed by atoms with Gasteiger partial charge >= 0.3 is 0 Å². The van der Waals surface area contributed by atoms with Crippen LogP contribution < -0.4 is 0 Å². The molecule has 0 atom stereocenters. The molecule has 94 valence electrons. The minimum absolute atomic E-state index is 0.253. The summed E-state index contributed by atoms with van der Waals surface area (Å²) in [6, 6.07) is 6.99. The van der Waals surface area contributed by atoms with Crippen LogP contribution in [0.25, 0.3) is 0 Å². The van der Waals surface area contributed by atoms with Crippen molar-refractivity contribution in [3.8, 4) is 0 Å². The molecule has 2 rings (SSSR count). The van der Waals surface area contributed by atoms with Gasteiger partial charge in [-0.2, -0.15) is 0 Å². The zero-order valence-corrected chi connectivity index (χ0v) is 10.7. The van der Waals surface area contributed by atoms with Gasteiger partial charge in [-0.15, -0.1) is 0 Å². The molecule has 1 aliphatic heterocycles. The largest absolute Gasteiger partial charge is 0.396 e. The van der Waals surface area contributed by atoms with E-state index in [-0.39, 0.29) is 6.61 Å². The molecule has 0 bridgehead atoms. The van der Waals surface area contributed by atoms with Crippen molar-refractivity contribution < 1.29 is 13.5 Å². The third-order valence-electron chi connectivity index (χ3n) is 3.05. The maximum absolute atomic E-state index is 11.3. The zero-order valence-electron chi connectivity index (χ0n) is 9.83. The Hall–Kier alpha value is -0.910. The number of hydrogen-bond donors (Lipinski definition) is 1. The summed E-state index contributed by atoms with van der Waals surface area (Å²) in [5.41, 5.74) is 1.11. The Morgan fingerprint density at radius 3 is 2.35 bits per heavy atom. The summed E-state index contributed by atoms with van der Waals surface area (Å²) in [4.78, 5) is 2.59. The van der Waals surface area contributed by atoms with Crippen LogP contribution in [0.5, 0.6) is 0 Å². The van der Waals surface area contributed by atoms with Crippen molar-refractivity contribution in [1.82, 2.24) is 4.90 Å². The molecule has 1 heterocycles. The van der Waals surface area contributed by atoms with Gasteiger partial charge in [-0.1, -0.05) is 12.1 Å². The topological polar surface area (TPSA) is 57.6 Å². The van der Waals surface area contributed by atoms with E-state index in [0.29, 0.717) is 10.8 Å². The Morgan fingerprint density at radius 1 is 1.29 bits per heavy atom. The van der Waals surface area contributed by atoms with Crippen LogP contribution in [0.1, 0.15) is 5.56 Å². The molecule has 1 fully saturated rings. The van der Waals surface area contributed by atoms with Crippen molar-refractivity contribution in [2.45, 2.75) is 11.4 Å². The normalized spacial score (nSPS) is 18.0. The van der Waals surface area contributed by atoms with E-state index in [1.165, 1.54) is 6.26 Å². The van der Waals surface area contributed by atoms with Crippen molar-refractivity contribution >= 4 is 9.84 Å². The van der Waals surface area contributed by atoms with Crippen LogP contribution in [-0.2, 0) is 16.4 Å². The molecular weight excluding hydrogens is 238 g/mol. The van der Waals surface area contributed by atoms with E-state index in [1.807, 2.05) is 12.1 Å². The Labute approximate surface area is 102 Å². The van der Waals surface area contributed by atoms with Crippen molar-refractivity contribution in [3.05, 3.63) is 29.8 Å². The van der Waals surface area contributed by atoms with E-state index in [4.69, 9.17) is 5.11 Å². The van der Waals surface area contributed by atoms with Crippen molar-refractivity contribution in [1.29, 1.82) is 0 Å². The highest BCUT2D eigenvalue weighted by Gasteiger charge is 2.25. The van der Waals surface area contributed by atoms with E-state index < -0.39 is 9.84 Å². The predicted octanol–water partition coefficient (Wildman–Crippen LogP) is 0.514. The number of aliphatic hydroxyl groups excluding tert-OH is 1. The smallest absolute Gasteiger partial charge is 0.175 e. The Morgan fingerprint density at radius 2 is 1.88 bits per heavy atom. The standard InChI is InChI=1S/C12H17NO3S/c1-17(15,16)12-4-2-10(3-5-12)6-13-7-11(8-13)9-14/h2-5,11,14H,6-9H2,1H3. The number of aliphatic hydroxyl groups is 1. The number of nitrogens with zero attached hydrogens (tertiary/aromatic N) is 1. The second-order valence-corrected chi connectivity index (χ2v) is 6.67. The van der Waals surface area contributed by atoms with E-state index >= 15 is 0 Å². The van der Waals surface area contributed by atoms with Gasteiger partial charge in [-0.05, 0) is 17.7 Å². The van der Waals surface area contributed by atoms with Crippen molar-refractivity contribution in [2.75, 3.05) is 26.0 Å². The molecule has 0 radical (unpaired) electrons. The van der Waals surface area contributed by atoms with Gasteiger partial charge in [0.2, 0.25) is 0 Å². The maximum atomic E-state index is 11.3. The number of rotatable bonds is 4. The average molecular weight is 255 g/mol. The molecule has 1 N–H and O–H groups in total. The fraction of sp³-hybridized carbons (Fsp3) is 0.500. The summed E-state index contributed by atoms with van der Waals surface area (Å²) in [5.74, 6) is 0.408. The van der Waals surface area contributed by atoms with Gasteiger partial charge in [-0.3, -0.25) is 4.90 Å². The van der Waals surface area contributed by atoms with Gasteiger partial charge in [-0.25, -0.2) is 8.42 Å². The van der Waals surface area contributed by atoms with Gasteiger partial charge in [0.1, 0.15) is 0 Å². The lowest BCUT2D eigenvalue weighted by Gasteiger charge is -2.38. The van der Waals surface area contributed by atoms with Crippen LogP contribution in [0.4, 0.5) is 0 Å². The van der Waals surface area contributed by atoms with Crippen LogP contribution in [-0.4, -0.2) is 44.4 Å². The van der Waals surface area contributed by atoms with E-state index in [2.05, 4.69) is 4.90 Å². The van der Waals surface area contributed by atoms with Gasteiger partial charge in [0.05, 0.1) is 4.90 Å². The molecule has 17 heavy (non-hydrogen) atoms. The van der Waals surface area contributed by atoms with Crippen LogP contribution in [0.15, 0.2) is 29.2 Å². The Bertz CT molecular complexity index is 475. The number of hydrogen-bond acceptors (Lipinski definition) is 4. The first-order valence-electron chi connectivity index (χ1n) is 5.61. The summed E-state index contributed by atoms with van der Waals surface area (Å²) in [6.07, 6.45) is 1.21. The van der Waals surface area contributed by atoms with Crippen molar-refractivity contribution in [2.24, 2.45) is 5.92 Å². The lowest BCUT2D eigenvalue weighted by Crippen LogP contribution is -2.47. The number of benzene rings is 1. The van der Waals surface area contributed by atoms with Crippen LogP contribution >= 0.6 is 0 Å². The van der Waals surface area contributed by atoms with Gasteiger partial charge in [0, 0.05) is 38.4 Å². The van der Waals surface area contributed by atoms with Crippen LogP contribution in [0.3, 0.4) is 0 Å². The van der Waals surface area contributed by atoms with Gasteiger partial charge in [0.15, 0.2) is 9.84 Å². The molecule has 0 aliphatic carbocycles. The lowest BCUT2D eigenvalue weighted by molar-refractivity contribution is 0.0479. The maximum Gasteiger partial charge on any atom is 0.175 e. The lowest BCUT2D eigenvalue weighted by atomic mass is 10.0. The summed E-state index contributed by atoms with van der Waals surface area (Å²) in [5, 5.41) is 8.90. The number of likely N-dealkylation sites (tertiary alicyclic amines) is 1. The molecule has 1 aliphatic rings. The molecule has 1 aromatic rings. The van der Waals surface area contributed by atoms with Crippen molar-refractivity contribution in [3.63, 3.8) is 0 Å². The fourth-order valence-corrected chi connectivity index (χ4v) is 2.65. The third-order valence-corrected chi connectivity index (χ3v) is 4.18. The molecule has 1 saturated heterocycles. The van der Waals surface area contributed by atoms with Crippen LogP contribution in [0.2, 0.25) is 0 Å². The molecule has 1 aromatic carbocycles. The molecule has 5 heteroatoms. The van der Waals surface area contributed by atoms with Gasteiger partial charge < -0.3 is 5.11 Å². The molecule has 4 nitrogen and oxygen atoms in total. The average Bonchev–Trinajstić information content (AvgIpc) is 2.22. The number of sulfone groups is 1. The highest BCUT2D eigenvalue weighted by molar-refractivity contribution is 7.90. The molecule has 0 saturated carbocycles.